The summed E-state index contributed by atoms with van der Waals surface area (Å²) in [5.74, 6) is -0.211. The van der Waals surface area contributed by atoms with E-state index in [9.17, 15) is 13.2 Å². The van der Waals surface area contributed by atoms with Crippen LogP contribution < -0.4 is 9.62 Å². The number of carbonyl (C=O) groups excluding carboxylic acids is 1. The highest BCUT2D eigenvalue weighted by Crippen LogP contribution is 2.23. The second kappa shape index (κ2) is 6.98. The Balaban J connectivity index is 1.74. The van der Waals surface area contributed by atoms with Crippen molar-refractivity contribution in [3.63, 3.8) is 0 Å². The lowest BCUT2D eigenvalue weighted by molar-refractivity contribution is -0.118. The summed E-state index contributed by atoms with van der Waals surface area (Å²) >= 11 is 0. The Morgan fingerprint density at radius 2 is 1.72 bits per heavy atom. The third-order valence-corrected chi connectivity index (χ3v) is 5.98. The van der Waals surface area contributed by atoms with Crippen LogP contribution in [0.3, 0.4) is 0 Å². The Morgan fingerprint density at radius 3 is 2.32 bits per heavy atom. The highest BCUT2D eigenvalue weighted by Gasteiger charge is 2.35. The zero-order valence-electron chi connectivity index (χ0n) is 14.4. The van der Waals surface area contributed by atoms with Crippen LogP contribution in [-0.2, 0) is 21.2 Å². The molecule has 0 spiro atoms. The molecule has 6 heteroatoms. The molecule has 1 atom stereocenters. The molecule has 25 heavy (non-hydrogen) atoms. The Labute approximate surface area is 148 Å². The van der Waals surface area contributed by atoms with Gasteiger partial charge in [0.15, 0.2) is 0 Å². The smallest absolute Gasteiger partial charge is 0.245 e. The average molecular weight is 358 g/mol. The molecule has 132 valence electrons. The normalized spacial score (nSPS) is 17.9. The quantitative estimate of drug-likeness (QED) is 0.893. The molecule has 3 rings (SSSR count). The number of hydrogen-bond acceptors (Lipinski definition) is 3. The number of anilines is 1. The second-order valence-corrected chi connectivity index (χ2v) is 8.00. The van der Waals surface area contributed by atoms with Crippen LogP contribution in [0.1, 0.15) is 24.5 Å². The third-order valence-electron chi connectivity index (χ3n) is 4.49. The van der Waals surface area contributed by atoms with Crippen molar-refractivity contribution in [1.82, 2.24) is 4.72 Å². The van der Waals surface area contributed by atoms with Crippen molar-refractivity contribution in [2.75, 3.05) is 11.4 Å². The molecule has 0 aromatic heterocycles. The highest BCUT2D eigenvalue weighted by molar-refractivity contribution is 7.89. The van der Waals surface area contributed by atoms with E-state index in [4.69, 9.17) is 0 Å². The lowest BCUT2D eigenvalue weighted by Gasteiger charge is -2.17. The molecule has 1 heterocycles. The molecule has 0 radical (unpaired) electrons. The van der Waals surface area contributed by atoms with Gasteiger partial charge < -0.3 is 4.90 Å². The molecule has 0 saturated carbocycles. The number of sulfonamides is 1. The van der Waals surface area contributed by atoms with E-state index in [1.165, 1.54) is 0 Å². The van der Waals surface area contributed by atoms with Gasteiger partial charge in [0.05, 0.1) is 4.90 Å². The molecule has 1 saturated heterocycles. The lowest BCUT2D eigenvalue weighted by atomic mass is 10.2. The van der Waals surface area contributed by atoms with Crippen LogP contribution in [0.15, 0.2) is 53.4 Å². The van der Waals surface area contributed by atoms with E-state index in [1.54, 1.807) is 29.2 Å². The minimum atomic E-state index is -3.71. The van der Waals surface area contributed by atoms with Crippen molar-refractivity contribution in [3.05, 3.63) is 59.7 Å². The summed E-state index contributed by atoms with van der Waals surface area (Å²) in [6, 6.07) is 13.7. The fraction of sp³-hybridized carbons (Fsp3) is 0.316. The average Bonchev–Trinajstić information content (AvgIpc) is 2.96. The lowest BCUT2D eigenvalue weighted by Crippen LogP contribution is -2.41. The van der Waals surface area contributed by atoms with Crippen LogP contribution in [0, 0.1) is 6.92 Å². The van der Waals surface area contributed by atoms with Gasteiger partial charge in [0.2, 0.25) is 15.9 Å². The number of nitrogens with zero attached hydrogens (tertiary/aromatic N) is 1. The topological polar surface area (TPSA) is 66.5 Å². The predicted octanol–water partition coefficient (Wildman–Crippen LogP) is 2.64. The van der Waals surface area contributed by atoms with Crippen molar-refractivity contribution >= 4 is 21.6 Å². The second-order valence-electron chi connectivity index (χ2n) is 6.29. The van der Waals surface area contributed by atoms with E-state index < -0.39 is 16.1 Å². The van der Waals surface area contributed by atoms with Gasteiger partial charge in [-0.2, -0.15) is 4.72 Å². The molecule has 0 unspecified atom stereocenters. The van der Waals surface area contributed by atoms with E-state index in [0.29, 0.717) is 13.0 Å². The van der Waals surface area contributed by atoms with E-state index >= 15 is 0 Å². The third kappa shape index (κ3) is 3.75. The zero-order chi connectivity index (χ0) is 18.0. The van der Waals surface area contributed by atoms with Crippen LogP contribution in [0.2, 0.25) is 0 Å². The van der Waals surface area contributed by atoms with E-state index in [0.717, 1.165) is 23.2 Å². The Kier molecular flexibility index (Phi) is 4.92. The molecule has 0 bridgehead atoms. The monoisotopic (exact) mass is 358 g/mol. The van der Waals surface area contributed by atoms with E-state index in [2.05, 4.69) is 4.72 Å². The number of carbonyl (C=O) groups is 1. The number of aryl methyl sites for hydroxylation is 2. The number of hydrogen-bond donors (Lipinski definition) is 1. The van der Waals surface area contributed by atoms with Gasteiger partial charge in [-0.25, -0.2) is 8.42 Å². The summed E-state index contributed by atoms with van der Waals surface area (Å²) in [4.78, 5) is 14.4. The van der Waals surface area contributed by atoms with Gasteiger partial charge in [-0.3, -0.25) is 4.79 Å². The first-order chi connectivity index (χ1) is 11.9. The van der Waals surface area contributed by atoms with Crippen LogP contribution >= 0.6 is 0 Å². The molecule has 1 amide bonds. The molecule has 1 fully saturated rings. The summed E-state index contributed by atoms with van der Waals surface area (Å²) in [6.07, 6.45) is 1.30. The van der Waals surface area contributed by atoms with Gasteiger partial charge in [-0.15, -0.1) is 0 Å². The van der Waals surface area contributed by atoms with Crippen molar-refractivity contribution in [1.29, 1.82) is 0 Å². The maximum Gasteiger partial charge on any atom is 0.245 e. The van der Waals surface area contributed by atoms with Crippen LogP contribution in [0.25, 0.3) is 0 Å². The first kappa shape index (κ1) is 17.6. The Hall–Kier alpha value is -2.18. The summed E-state index contributed by atoms with van der Waals surface area (Å²) in [6.45, 7) is 4.50. The van der Waals surface area contributed by atoms with Crippen molar-refractivity contribution < 1.29 is 13.2 Å². The van der Waals surface area contributed by atoms with Gasteiger partial charge in [0.25, 0.3) is 0 Å². The SMILES string of the molecule is CCc1ccc(S(=O)(=O)N[C@H]2CCN(c3ccc(C)cc3)C2=O)cc1. The van der Waals surface area contributed by atoms with Crippen LogP contribution in [0.4, 0.5) is 5.69 Å². The summed E-state index contributed by atoms with van der Waals surface area (Å²) in [5, 5.41) is 0. The van der Waals surface area contributed by atoms with E-state index in [-0.39, 0.29) is 10.8 Å². The molecule has 1 N–H and O–H groups in total. The van der Waals surface area contributed by atoms with Gasteiger partial charge in [0, 0.05) is 12.2 Å². The fourth-order valence-corrected chi connectivity index (χ4v) is 4.15. The van der Waals surface area contributed by atoms with Crippen molar-refractivity contribution in [2.24, 2.45) is 0 Å². The van der Waals surface area contributed by atoms with Gasteiger partial charge in [-0.05, 0) is 49.6 Å². The number of nitrogens with one attached hydrogen (secondary N) is 1. The Morgan fingerprint density at radius 1 is 1.08 bits per heavy atom. The maximum absolute atomic E-state index is 12.6. The summed E-state index contributed by atoms with van der Waals surface area (Å²) in [5.41, 5.74) is 2.98. The molecule has 5 nitrogen and oxygen atoms in total. The van der Waals surface area contributed by atoms with Gasteiger partial charge >= 0.3 is 0 Å². The standard InChI is InChI=1S/C19H22N2O3S/c1-3-15-6-10-17(11-7-15)25(23,24)20-18-12-13-21(19(18)22)16-8-4-14(2)5-9-16/h4-11,18,20H,3,12-13H2,1-2H3/t18-/m0/s1. The minimum absolute atomic E-state index is 0.186. The molecule has 2 aromatic rings. The summed E-state index contributed by atoms with van der Waals surface area (Å²) in [7, 11) is -3.71. The first-order valence-electron chi connectivity index (χ1n) is 8.40. The minimum Gasteiger partial charge on any atom is -0.311 e. The van der Waals surface area contributed by atoms with Gasteiger partial charge in [0.1, 0.15) is 6.04 Å². The van der Waals surface area contributed by atoms with Crippen molar-refractivity contribution in [3.8, 4) is 0 Å². The Bertz CT molecular complexity index is 859. The molecular formula is C19H22N2O3S. The van der Waals surface area contributed by atoms with Gasteiger partial charge in [-0.1, -0.05) is 36.8 Å². The predicted molar refractivity (Wildman–Crippen MR) is 98.1 cm³/mol. The van der Waals surface area contributed by atoms with Crippen molar-refractivity contribution in [2.45, 2.75) is 37.6 Å². The molecule has 2 aromatic carbocycles. The molecule has 0 aliphatic carbocycles. The first-order valence-corrected chi connectivity index (χ1v) is 9.88. The molecule has 1 aliphatic rings. The number of rotatable bonds is 5. The highest BCUT2D eigenvalue weighted by atomic mass is 32.2. The fourth-order valence-electron chi connectivity index (χ4n) is 2.93. The van der Waals surface area contributed by atoms with Crippen LogP contribution in [-0.4, -0.2) is 26.9 Å². The maximum atomic E-state index is 12.6. The molecule has 1 aliphatic heterocycles. The zero-order valence-corrected chi connectivity index (χ0v) is 15.2. The molecular weight excluding hydrogens is 336 g/mol. The largest absolute Gasteiger partial charge is 0.311 e. The number of benzene rings is 2. The van der Waals surface area contributed by atoms with Crippen LogP contribution in [0.5, 0.6) is 0 Å². The number of amides is 1. The summed E-state index contributed by atoms with van der Waals surface area (Å²) < 4.78 is 27.6. The van der Waals surface area contributed by atoms with E-state index in [1.807, 2.05) is 38.1 Å².